The second-order valence-corrected chi connectivity index (χ2v) is 7.89. The van der Waals surface area contributed by atoms with E-state index in [0.717, 1.165) is 13.1 Å². The van der Waals surface area contributed by atoms with Crippen LogP contribution in [0.4, 0.5) is 5.69 Å². The maximum absolute atomic E-state index is 10.1. The minimum atomic E-state index is -0.662. The molecule has 0 aromatic heterocycles. The van der Waals surface area contributed by atoms with E-state index in [2.05, 4.69) is 60.0 Å². The molecule has 0 aliphatic carbocycles. The number of nitrogens with zero attached hydrogens (tertiary/aromatic N) is 3. The first-order chi connectivity index (χ1) is 11.3. The van der Waals surface area contributed by atoms with E-state index in [0.29, 0.717) is 12.6 Å². The fraction of sp³-hybridized carbons (Fsp3) is 0.700. The minimum absolute atomic E-state index is 0.617. The van der Waals surface area contributed by atoms with Crippen LogP contribution >= 0.6 is 0 Å². The van der Waals surface area contributed by atoms with E-state index in [1.54, 1.807) is 0 Å². The van der Waals surface area contributed by atoms with Crippen molar-refractivity contribution in [1.29, 1.82) is 0 Å². The Morgan fingerprint density at radius 1 is 1.21 bits per heavy atom. The van der Waals surface area contributed by atoms with Crippen molar-refractivity contribution < 1.29 is 5.11 Å². The molecule has 4 nitrogen and oxygen atoms in total. The van der Waals surface area contributed by atoms with Gasteiger partial charge >= 0.3 is 0 Å². The van der Waals surface area contributed by atoms with Crippen LogP contribution in [0.25, 0.3) is 0 Å². The maximum atomic E-state index is 10.1. The molecule has 1 aliphatic rings. The summed E-state index contributed by atoms with van der Waals surface area (Å²) in [4.78, 5) is 7.21. The van der Waals surface area contributed by atoms with Crippen LogP contribution in [-0.4, -0.2) is 66.8 Å². The monoisotopic (exact) mass is 333 g/mol. The van der Waals surface area contributed by atoms with Crippen molar-refractivity contribution in [3.63, 3.8) is 0 Å². The van der Waals surface area contributed by atoms with Crippen molar-refractivity contribution in [2.45, 2.75) is 51.8 Å². The lowest BCUT2D eigenvalue weighted by molar-refractivity contribution is 0.0353. The van der Waals surface area contributed by atoms with E-state index in [-0.39, 0.29) is 0 Å². The lowest BCUT2D eigenvalue weighted by atomic mass is 10.0. The molecular weight excluding hydrogens is 298 g/mol. The maximum Gasteiger partial charge on any atom is 0.0718 e. The van der Waals surface area contributed by atoms with Gasteiger partial charge in [-0.2, -0.15) is 0 Å². The van der Waals surface area contributed by atoms with Crippen LogP contribution in [0.5, 0.6) is 0 Å². The summed E-state index contributed by atoms with van der Waals surface area (Å²) in [5, 5.41) is 10.1. The quantitative estimate of drug-likeness (QED) is 0.831. The molecule has 2 rings (SSSR count). The molecule has 0 saturated carbocycles. The Morgan fingerprint density at radius 2 is 1.83 bits per heavy atom. The molecule has 4 heteroatoms. The zero-order valence-electron chi connectivity index (χ0n) is 16.1. The minimum Gasteiger partial charge on any atom is -0.389 e. The summed E-state index contributed by atoms with van der Waals surface area (Å²) in [5.41, 5.74) is 2.02. The van der Waals surface area contributed by atoms with Crippen LogP contribution in [0.15, 0.2) is 24.3 Å². The van der Waals surface area contributed by atoms with Gasteiger partial charge in [-0.3, -0.25) is 4.90 Å². The molecule has 1 saturated heterocycles. The Bertz CT molecular complexity index is 504. The number of piperidine rings is 1. The number of hydrogen-bond acceptors (Lipinski definition) is 4. The molecule has 1 aromatic rings. The Kier molecular flexibility index (Phi) is 6.67. The molecule has 0 amide bonds. The van der Waals surface area contributed by atoms with Crippen LogP contribution < -0.4 is 4.90 Å². The summed E-state index contributed by atoms with van der Waals surface area (Å²) in [6.45, 7) is 10.8. The second-order valence-electron chi connectivity index (χ2n) is 7.89. The Hall–Kier alpha value is -1.10. The first-order valence-electron chi connectivity index (χ1n) is 9.24. The van der Waals surface area contributed by atoms with Gasteiger partial charge in [-0.05, 0) is 65.0 Å². The van der Waals surface area contributed by atoms with Crippen molar-refractivity contribution in [3.8, 4) is 0 Å². The summed E-state index contributed by atoms with van der Waals surface area (Å²) in [6.07, 6.45) is 2.45. The molecule has 0 bridgehead atoms. The van der Waals surface area contributed by atoms with Gasteiger partial charge in [0, 0.05) is 31.9 Å². The number of hydrogen-bond donors (Lipinski definition) is 1. The smallest absolute Gasteiger partial charge is 0.0718 e. The van der Waals surface area contributed by atoms with E-state index >= 15 is 0 Å². The van der Waals surface area contributed by atoms with Gasteiger partial charge < -0.3 is 14.9 Å². The van der Waals surface area contributed by atoms with Crippen LogP contribution in [0, 0.1) is 0 Å². The van der Waals surface area contributed by atoms with Crippen molar-refractivity contribution in [3.05, 3.63) is 29.8 Å². The van der Waals surface area contributed by atoms with E-state index < -0.39 is 5.60 Å². The van der Waals surface area contributed by atoms with Gasteiger partial charge in [-0.1, -0.05) is 25.1 Å². The Balaban J connectivity index is 2.11. The summed E-state index contributed by atoms with van der Waals surface area (Å²) < 4.78 is 0. The molecule has 1 aromatic carbocycles. The predicted molar refractivity (Wildman–Crippen MR) is 103 cm³/mol. The number of para-hydroxylation sites is 1. The van der Waals surface area contributed by atoms with Crippen LogP contribution in [-0.2, 0) is 6.54 Å². The molecule has 0 spiro atoms. The Morgan fingerprint density at radius 3 is 2.42 bits per heavy atom. The lowest BCUT2D eigenvalue weighted by Gasteiger charge is -2.38. The average Bonchev–Trinajstić information content (AvgIpc) is 2.53. The Labute approximate surface area is 148 Å². The fourth-order valence-corrected chi connectivity index (χ4v) is 3.64. The predicted octanol–water partition coefficient (Wildman–Crippen LogP) is 2.81. The zero-order valence-corrected chi connectivity index (χ0v) is 16.1. The summed E-state index contributed by atoms with van der Waals surface area (Å²) >= 11 is 0. The van der Waals surface area contributed by atoms with Gasteiger partial charge in [-0.25, -0.2) is 0 Å². The summed E-state index contributed by atoms with van der Waals surface area (Å²) in [7, 11) is 4.45. The molecule has 0 atom stereocenters. The van der Waals surface area contributed by atoms with Crippen LogP contribution in [0.3, 0.4) is 0 Å². The van der Waals surface area contributed by atoms with Gasteiger partial charge in [0.2, 0.25) is 0 Å². The molecule has 1 N–H and O–H groups in total. The molecule has 1 aliphatic heterocycles. The summed E-state index contributed by atoms with van der Waals surface area (Å²) in [5.74, 6) is 0. The molecule has 1 fully saturated rings. The van der Waals surface area contributed by atoms with E-state index in [9.17, 15) is 5.11 Å². The molecule has 136 valence electrons. The highest BCUT2D eigenvalue weighted by molar-refractivity contribution is 5.54. The van der Waals surface area contributed by atoms with Crippen molar-refractivity contribution in [2.24, 2.45) is 0 Å². The third-order valence-corrected chi connectivity index (χ3v) is 5.06. The molecule has 24 heavy (non-hydrogen) atoms. The van der Waals surface area contributed by atoms with Gasteiger partial charge in [0.25, 0.3) is 0 Å². The molecule has 1 heterocycles. The van der Waals surface area contributed by atoms with Crippen LogP contribution in [0.1, 0.15) is 39.2 Å². The van der Waals surface area contributed by atoms with E-state index in [1.807, 2.05) is 13.8 Å². The lowest BCUT2D eigenvalue weighted by Crippen LogP contribution is -2.42. The highest BCUT2D eigenvalue weighted by Gasteiger charge is 2.23. The van der Waals surface area contributed by atoms with E-state index in [4.69, 9.17) is 0 Å². The molecule has 0 unspecified atom stereocenters. The first-order valence-corrected chi connectivity index (χ1v) is 9.24. The SMILES string of the molecule is CCN(Cc1ccccc1N(C)C1CCN(C)CC1)CC(C)(C)O. The number of aliphatic hydroxyl groups is 1. The van der Waals surface area contributed by atoms with Gasteiger partial charge in [0.15, 0.2) is 0 Å². The van der Waals surface area contributed by atoms with Crippen molar-refractivity contribution in [1.82, 2.24) is 9.80 Å². The molecular formula is C20H35N3O. The van der Waals surface area contributed by atoms with Gasteiger partial charge in [0.05, 0.1) is 5.60 Å². The van der Waals surface area contributed by atoms with Crippen LogP contribution in [0.2, 0.25) is 0 Å². The number of anilines is 1. The van der Waals surface area contributed by atoms with Crippen molar-refractivity contribution >= 4 is 5.69 Å². The molecule has 0 radical (unpaired) electrons. The summed E-state index contributed by atoms with van der Waals surface area (Å²) in [6, 6.07) is 9.35. The first kappa shape index (κ1) is 19.2. The number of rotatable bonds is 7. The average molecular weight is 334 g/mol. The number of likely N-dealkylation sites (tertiary alicyclic amines) is 1. The van der Waals surface area contributed by atoms with Gasteiger partial charge in [-0.15, -0.1) is 0 Å². The highest BCUT2D eigenvalue weighted by atomic mass is 16.3. The van der Waals surface area contributed by atoms with Crippen molar-refractivity contribution in [2.75, 3.05) is 45.2 Å². The largest absolute Gasteiger partial charge is 0.389 e. The number of likely N-dealkylation sites (N-methyl/N-ethyl adjacent to an activating group) is 1. The normalized spacial score (nSPS) is 17.5. The zero-order chi connectivity index (χ0) is 17.7. The number of benzene rings is 1. The van der Waals surface area contributed by atoms with E-state index in [1.165, 1.54) is 37.2 Å². The third-order valence-electron chi connectivity index (χ3n) is 5.06. The highest BCUT2D eigenvalue weighted by Crippen LogP contribution is 2.26. The fourth-order valence-electron chi connectivity index (χ4n) is 3.64. The second kappa shape index (κ2) is 8.32. The topological polar surface area (TPSA) is 30.0 Å². The third kappa shape index (κ3) is 5.47. The van der Waals surface area contributed by atoms with Gasteiger partial charge in [0.1, 0.15) is 0 Å². The standard InChI is InChI=1S/C20H35N3O/c1-6-23(16-20(2,3)24)15-17-9-7-8-10-19(17)22(5)18-11-13-21(4)14-12-18/h7-10,18,24H,6,11-16H2,1-5H3.